The molecule has 1 N–H and O–H groups in total. The summed E-state index contributed by atoms with van der Waals surface area (Å²) in [5, 5.41) is 2.91. The SMILES string of the molecule is CCNC(=O)N1CCCC(c2cccc(C(=O)N3CCN(C4CCCCC4)CC3)c2)C1. The second-order valence-electron chi connectivity index (χ2n) is 9.37. The molecule has 0 radical (unpaired) electrons. The van der Waals surface area contributed by atoms with Crippen LogP contribution in [-0.4, -0.2) is 78.5 Å². The number of carbonyl (C=O) groups is 2. The molecule has 3 aliphatic rings. The zero-order valence-electron chi connectivity index (χ0n) is 19.0. The first kappa shape index (κ1) is 22.1. The first-order chi connectivity index (χ1) is 15.2. The van der Waals surface area contributed by atoms with Crippen LogP contribution in [0.4, 0.5) is 4.79 Å². The van der Waals surface area contributed by atoms with E-state index >= 15 is 0 Å². The van der Waals surface area contributed by atoms with E-state index in [0.29, 0.717) is 12.5 Å². The Kier molecular flexibility index (Phi) is 7.49. The standard InChI is InChI=1S/C25H38N4O2/c1-2-26-25(31)29-13-7-10-22(19-29)20-8-6-9-21(18-20)24(30)28-16-14-27(15-17-28)23-11-4-3-5-12-23/h6,8-9,18,22-23H,2-5,7,10-17,19H2,1H3,(H,26,31). The number of hydrogen-bond donors (Lipinski definition) is 1. The van der Waals surface area contributed by atoms with E-state index in [1.807, 2.05) is 28.9 Å². The van der Waals surface area contributed by atoms with Crippen molar-refractivity contribution in [3.63, 3.8) is 0 Å². The van der Waals surface area contributed by atoms with Gasteiger partial charge in [0.15, 0.2) is 0 Å². The molecule has 170 valence electrons. The maximum Gasteiger partial charge on any atom is 0.317 e. The fourth-order valence-corrected chi connectivity index (χ4v) is 5.54. The Labute approximate surface area is 187 Å². The Balaban J connectivity index is 1.35. The Morgan fingerprint density at radius 2 is 1.71 bits per heavy atom. The molecule has 1 aromatic rings. The fraction of sp³-hybridized carbons (Fsp3) is 0.680. The van der Waals surface area contributed by atoms with Crippen LogP contribution in [0.15, 0.2) is 24.3 Å². The number of piperazine rings is 1. The highest BCUT2D eigenvalue weighted by Gasteiger charge is 2.29. The zero-order valence-corrected chi connectivity index (χ0v) is 19.0. The van der Waals surface area contributed by atoms with Gasteiger partial charge in [-0.2, -0.15) is 0 Å². The molecule has 1 unspecified atom stereocenters. The molecule has 3 fully saturated rings. The maximum absolute atomic E-state index is 13.2. The van der Waals surface area contributed by atoms with E-state index in [2.05, 4.69) is 22.3 Å². The normalized spacial score (nSPS) is 23.6. The highest BCUT2D eigenvalue weighted by atomic mass is 16.2. The summed E-state index contributed by atoms with van der Waals surface area (Å²) in [4.78, 5) is 32.0. The minimum atomic E-state index is 0.0234. The third-order valence-corrected chi connectivity index (χ3v) is 7.33. The van der Waals surface area contributed by atoms with Crippen LogP contribution in [0, 0.1) is 0 Å². The summed E-state index contributed by atoms with van der Waals surface area (Å²) < 4.78 is 0. The van der Waals surface area contributed by atoms with E-state index in [0.717, 1.165) is 63.7 Å². The minimum absolute atomic E-state index is 0.0234. The summed E-state index contributed by atoms with van der Waals surface area (Å²) in [5.41, 5.74) is 1.97. The lowest BCUT2D eigenvalue weighted by molar-refractivity contribution is 0.0523. The lowest BCUT2D eigenvalue weighted by Crippen LogP contribution is -2.52. The number of carbonyl (C=O) groups excluding carboxylic acids is 2. The van der Waals surface area contributed by atoms with Crippen LogP contribution in [0.2, 0.25) is 0 Å². The molecule has 6 heteroatoms. The molecule has 4 rings (SSSR count). The van der Waals surface area contributed by atoms with Gasteiger partial charge in [0.25, 0.3) is 5.91 Å². The van der Waals surface area contributed by atoms with E-state index in [1.54, 1.807) is 0 Å². The van der Waals surface area contributed by atoms with Gasteiger partial charge < -0.3 is 15.1 Å². The molecule has 2 heterocycles. The Morgan fingerprint density at radius 3 is 2.45 bits per heavy atom. The van der Waals surface area contributed by atoms with Crippen molar-refractivity contribution in [1.82, 2.24) is 20.0 Å². The van der Waals surface area contributed by atoms with E-state index in [4.69, 9.17) is 0 Å². The van der Waals surface area contributed by atoms with Crippen molar-refractivity contribution >= 4 is 11.9 Å². The van der Waals surface area contributed by atoms with Gasteiger partial charge in [-0.25, -0.2) is 4.79 Å². The molecule has 1 saturated carbocycles. The van der Waals surface area contributed by atoms with Crippen molar-refractivity contribution in [3.8, 4) is 0 Å². The fourth-order valence-electron chi connectivity index (χ4n) is 5.54. The van der Waals surface area contributed by atoms with Gasteiger partial charge in [0.1, 0.15) is 0 Å². The van der Waals surface area contributed by atoms with Crippen LogP contribution >= 0.6 is 0 Å². The summed E-state index contributed by atoms with van der Waals surface area (Å²) in [6.07, 6.45) is 8.81. The van der Waals surface area contributed by atoms with Crippen molar-refractivity contribution in [2.45, 2.75) is 63.8 Å². The van der Waals surface area contributed by atoms with Gasteiger partial charge in [0, 0.05) is 63.3 Å². The van der Waals surface area contributed by atoms with Gasteiger partial charge >= 0.3 is 6.03 Å². The largest absolute Gasteiger partial charge is 0.338 e. The van der Waals surface area contributed by atoms with Crippen molar-refractivity contribution in [1.29, 1.82) is 0 Å². The van der Waals surface area contributed by atoms with Crippen LogP contribution in [0.3, 0.4) is 0 Å². The molecule has 0 aromatic heterocycles. The summed E-state index contributed by atoms with van der Waals surface area (Å²) in [6, 6.07) is 8.89. The van der Waals surface area contributed by atoms with E-state index in [9.17, 15) is 9.59 Å². The van der Waals surface area contributed by atoms with Crippen molar-refractivity contribution in [2.24, 2.45) is 0 Å². The molecule has 2 aliphatic heterocycles. The molecule has 0 spiro atoms. The summed E-state index contributed by atoms with van der Waals surface area (Å²) >= 11 is 0. The maximum atomic E-state index is 13.2. The van der Waals surface area contributed by atoms with Crippen LogP contribution in [0.5, 0.6) is 0 Å². The summed E-state index contributed by atoms with van der Waals surface area (Å²) in [7, 11) is 0. The summed E-state index contributed by atoms with van der Waals surface area (Å²) in [6.45, 7) is 7.79. The molecule has 1 aliphatic carbocycles. The predicted octanol–water partition coefficient (Wildman–Crippen LogP) is 3.69. The smallest absolute Gasteiger partial charge is 0.317 e. The number of rotatable bonds is 4. The number of urea groups is 1. The third-order valence-electron chi connectivity index (χ3n) is 7.33. The number of likely N-dealkylation sites (tertiary alicyclic amines) is 1. The first-order valence-corrected chi connectivity index (χ1v) is 12.3. The van der Waals surface area contributed by atoms with Crippen LogP contribution in [-0.2, 0) is 0 Å². The quantitative estimate of drug-likeness (QED) is 0.799. The van der Waals surface area contributed by atoms with Gasteiger partial charge in [-0.1, -0.05) is 31.4 Å². The van der Waals surface area contributed by atoms with Crippen LogP contribution < -0.4 is 5.32 Å². The first-order valence-electron chi connectivity index (χ1n) is 12.3. The van der Waals surface area contributed by atoms with Crippen molar-refractivity contribution in [3.05, 3.63) is 35.4 Å². The number of piperidine rings is 1. The number of benzene rings is 1. The molecule has 0 bridgehead atoms. The Hall–Kier alpha value is -2.08. The lowest BCUT2D eigenvalue weighted by atomic mass is 9.89. The topological polar surface area (TPSA) is 55.9 Å². The number of nitrogens with one attached hydrogen (secondary N) is 1. The van der Waals surface area contributed by atoms with Gasteiger partial charge in [-0.3, -0.25) is 9.69 Å². The van der Waals surface area contributed by atoms with E-state index in [-0.39, 0.29) is 11.9 Å². The highest BCUT2D eigenvalue weighted by molar-refractivity contribution is 5.94. The highest BCUT2D eigenvalue weighted by Crippen LogP contribution is 2.28. The van der Waals surface area contributed by atoms with Crippen LogP contribution in [0.25, 0.3) is 0 Å². The molecule has 1 aromatic carbocycles. The molecular formula is C25H38N4O2. The zero-order chi connectivity index (χ0) is 21.6. The number of amides is 3. The molecule has 6 nitrogen and oxygen atoms in total. The van der Waals surface area contributed by atoms with Gasteiger partial charge in [-0.15, -0.1) is 0 Å². The molecule has 31 heavy (non-hydrogen) atoms. The van der Waals surface area contributed by atoms with Gasteiger partial charge in [0.05, 0.1) is 0 Å². The van der Waals surface area contributed by atoms with E-state index < -0.39 is 0 Å². The summed E-state index contributed by atoms with van der Waals surface area (Å²) in [5.74, 6) is 0.453. The second-order valence-corrected chi connectivity index (χ2v) is 9.37. The third kappa shape index (κ3) is 5.40. The predicted molar refractivity (Wildman–Crippen MR) is 123 cm³/mol. The van der Waals surface area contributed by atoms with Crippen LogP contribution in [0.1, 0.15) is 73.7 Å². The van der Waals surface area contributed by atoms with Gasteiger partial charge in [0.2, 0.25) is 0 Å². The average Bonchev–Trinajstić information content (AvgIpc) is 2.84. The number of hydrogen-bond acceptors (Lipinski definition) is 3. The van der Waals surface area contributed by atoms with Gasteiger partial charge in [-0.05, 0) is 50.3 Å². The lowest BCUT2D eigenvalue weighted by Gasteiger charge is -2.40. The average molecular weight is 427 g/mol. The van der Waals surface area contributed by atoms with Crippen molar-refractivity contribution in [2.75, 3.05) is 45.8 Å². The minimum Gasteiger partial charge on any atom is -0.338 e. The number of nitrogens with zero attached hydrogens (tertiary/aromatic N) is 3. The Morgan fingerprint density at radius 1 is 0.935 bits per heavy atom. The second kappa shape index (κ2) is 10.5. The molecule has 3 amide bonds. The van der Waals surface area contributed by atoms with E-state index in [1.165, 1.54) is 37.7 Å². The monoisotopic (exact) mass is 426 g/mol. The molecule has 1 atom stereocenters. The Bertz CT molecular complexity index is 754. The molecule has 2 saturated heterocycles. The van der Waals surface area contributed by atoms with Crippen molar-refractivity contribution < 1.29 is 9.59 Å². The molecular weight excluding hydrogens is 388 g/mol.